The first-order valence-corrected chi connectivity index (χ1v) is 7.11. The summed E-state index contributed by atoms with van der Waals surface area (Å²) >= 11 is 0. The Bertz CT molecular complexity index is 720. The molecule has 1 heterocycles. The molecule has 0 saturated carbocycles. The van der Waals surface area contributed by atoms with E-state index in [0.29, 0.717) is 16.9 Å². The quantitative estimate of drug-likeness (QED) is 0.657. The molecule has 2 amide bonds. The van der Waals surface area contributed by atoms with E-state index in [1.54, 1.807) is 60.9 Å². The molecule has 0 aliphatic heterocycles. The predicted molar refractivity (Wildman–Crippen MR) is 91.2 cm³/mol. The topological polar surface area (TPSA) is 71.1 Å². The molecule has 0 atom stereocenters. The number of allylic oxidation sites excluding steroid dienone is 3. The smallest absolute Gasteiger partial charge is 0.255 e. The molecule has 1 aromatic carbocycles. The van der Waals surface area contributed by atoms with E-state index in [0.717, 1.165) is 0 Å². The van der Waals surface area contributed by atoms with Crippen molar-refractivity contribution < 1.29 is 9.59 Å². The fourth-order valence-electron chi connectivity index (χ4n) is 1.78. The van der Waals surface area contributed by atoms with Crippen LogP contribution in [0.5, 0.6) is 0 Å². The van der Waals surface area contributed by atoms with Gasteiger partial charge in [0.15, 0.2) is 0 Å². The fraction of sp³-hybridized carbons (Fsp3) is 0.0556. The minimum absolute atomic E-state index is 0.226. The first kappa shape index (κ1) is 16.2. The second-order valence-electron chi connectivity index (χ2n) is 4.65. The second kappa shape index (κ2) is 8.29. The summed E-state index contributed by atoms with van der Waals surface area (Å²) in [6.45, 7) is 1.87. The van der Waals surface area contributed by atoms with Crippen LogP contribution in [0.15, 0.2) is 73.1 Å². The highest BCUT2D eigenvalue weighted by atomic mass is 16.2. The number of pyridine rings is 1. The number of rotatable bonds is 5. The molecular weight excluding hydrogens is 290 g/mol. The van der Waals surface area contributed by atoms with Crippen molar-refractivity contribution in [1.82, 2.24) is 4.98 Å². The summed E-state index contributed by atoms with van der Waals surface area (Å²) in [5.41, 5.74) is 1.75. The van der Waals surface area contributed by atoms with Crippen LogP contribution in [0.25, 0.3) is 0 Å². The average Bonchev–Trinajstić information content (AvgIpc) is 2.56. The lowest BCUT2D eigenvalue weighted by atomic mass is 10.2. The Balaban J connectivity index is 1.96. The molecule has 0 radical (unpaired) electrons. The lowest BCUT2D eigenvalue weighted by molar-refractivity contribution is -0.111. The van der Waals surface area contributed by atoms with Gasteiger partial charge in [-0.2, -0.15) is 0 Å². The summed E-state index contributed by atoms with van der Waals surface area (Å²) in [6, 6.07) is 10.2. The van der Waals surface area contributed by atoms with Crippen molar-refractivity contribution in [1.29, 1.82) is 0 Å². The zero-order valence-corrected chi connectivity index (χ0v) is 12.7. The highest BCUT2D eigenvalue weighted by Crippen LogP contribution is 2.12. The van der Waals surface area contributed by atoms with Crippen molar-refractivity contribution in [3.05, 3.63) is 78.7 Å². The summed E-state index contributed by atoms with van der Waals surface area (Å²) in [7, 11) is 0. The molecule has 0 aliphatic rings. The molecule has 0 aliphatic carbocycles. The number of carbonyl (C=O) groups is 2. The van der Waals surface area contributed by atoms with Gasteiger partial charge in [-0.05, 0) is 43.3 Å². The van der Waals surface area contributed by atoms with E-state index in [-0.39, 0.29) is 11.8 Å². The molecular formula is C18H17N3O2. The standard InChI is InChI=1S/C18H17N3O2/c1-2-3-4-7-17(22)20-15-10-8-14(9-11-15)18(23)21-16-6-5-12-19-13-16/h2-13H,1H3,(H,20,22)(H,21,23)/b3-2+,7-4+. The molecule has 5 nitrogen and oxygen atoms in total. The van der Waals surface area contributed by atoms with E-state index in [1.807, 2.05) is 13.0 Å². The van der Waals surface area contributed by atoms with Gasteiger partial charge in [-0.25, -0.2) is 0 Å². The van der Waals surface area contributed by atoms with Crippen LogP contribution < -0.4 is 10.6 Å². The first-order chi connectivity index (χ1) is 11.2. The Morgan fingerprint density at radius 2 is 1.78 bits per heavy atom. The summed E-state index contributed by atoms with van der Waals surface area (Å²) in [6.07, 6.45) is 9.90. The molecule has 116 valence electrons. The Morgan fingerprint density at radius 1 is 1.00 bits per heavy atom. The second-order valence-corrected chi connectivity index (χ2v) is 4.65. The predicted octanol–water partition coefficient (Wildman–Crippen LogP) is 3.40. The van der Waals surface area contributed by atoms with Gasteiger partial charge in [-0.3, -0.25) is 14.6 Å². The largest absolute Gasteiger partial charge is 0.323 e. The molecule has 0 unspecified atom stereocenters. The highest BCUT2D eigenvalue weighted by molar-refractivity contribution is 6.05. The number of carbonyl (C=O) groups excluding carboxylic acids is 2. The number of aromatic nitrogens is 1. The third-order valence-corrected chi connectivity index (χ3v) is 2.89. The summed E-state index contributed by atoms with van der Waals surface area (Å²) in [4.78, 5) is 27.6. The number of hydrogen-bond acceptors (Lipinski definition) is 3. The maximum absolute atomic E-state index is 12.1. The third-order valence-electron chi connectivity index (χ3n) is 2.89. The third kappa shape index (κ3) is 5.24. The Kier molecular flexibility index (Phi) is 5.82. The lowest BCUT2D eigenvalue weighted by Crippen LogP contribution is -2.12. The minimum Gasteiger partial charge on any atom is -0.323 e. The number of benzene rings is 1. The van der Waals surface area contributed by atoms with Gasteiger partial charge in [0.2, 0.25) is 5.91 Å². The van der Waals surface area contributed by atoms with Gasteiger partial charge in [0.05, 0.1) is 11.9 Å². The molecule has 0 saturated heterocycles. The van der Waals surface area contributed by atoms with Crippen LogP contribution in [-0.2, 0) is 4.79 Å². The van der Waals surface area contributed by atoms with Gasteiger partial charge in [0.25, 0.3) is 5.91 Å². The van der Waals surface area contributed by atoms with Crippen molar-refractivity contribution in [3.8, 4) is 0 Å². The van der Waals surface area contributed by atoms with Gasteiger partial charge in [-0.15, -0.1) is 0 Å². The van der Waals surface area contributed by atoms with Gasteiger partial charge in [-0.1, -0.05) is 18.2 Å². The van der Waals surface area contributed by atoms with Crippen LogP contribution in [0, 0.1) is 0 Å². The first-order valence-electron chi connectivity index (χ1n) is 7.11. The maximum atomic E-state index is 12.1. The number of hydrogen-bond donors (Lipinski definition) is 2. The van der Waals surface area contributed by atoms with Crippen LogP contribution in [0.4, 0.5) is 11.4 Å². The lowest BCUT2D eigenvalue weighted by Gasteiger charge is -2.06. The number of nitrogens with zero attached hydrogens (tertiary/aromatic N) is 1. The highest BCUT2D eigenvalue weighted by Gasteiger charge is 2.06. The Labute approximate surface area is 134 Å². The summed E-state index contributed by atoms with van der Waals surface area (Å²) in [5.74, 6) is -0.459. The van der Waals surface area contributed by atoms with E-state index < -0.39 is 0 Å². The SMILES string of the molecule is C/C=C/C=C/C(=O)Nc1ccc(C(=O)Nc2cccnc2)cc1. The zero-order valence-electron chi connectivity index (χ0n) is 12.7. The summed E-state index contributed by atoms with van der Waals surface area (Å²) < 4.78 is 0. The molecule has 0 spiro atoms. The van der Waals surface area contributed by atoms with Gasteiger partial charge < -0.3 is 10.6 Å². The van der Waals surface area contributed by atoms with Crippen LogP contribution in [0.3, 0.4) is 0 Å². The van der Waals surface area contributed by atoms with Crippen molar-refractivity contribution in [2.45, 2.75) is 6.92 Å². The minimum atomic E-state index is -0.233. The molecule has 0 bridgehead atoms. The Morgan fingerprint density at radius 3 is 2.43 bits per heavy atom. The van der Waals surface area contributed by atoms with Crippen molar-refractivity contribution in [2.24, 2.45) is 0 Å². The maximum Gasteiger partial charge on any atom is 0.255 e. The molecule has 0 fully saturated rings. The zero-order chi connectivity index (χ0) is 16.5. The van der Waals surface area contributed by atoms with Crippen molar-refractivity contribution in [3.63, 3.8) is 0 Å². The van der Waals surface area contributed by atoms with E-state index >= 15 is 0 Å². The number of nitrogens with one attached hydrogen (secondary N) is 2. The van der Waals surface area contributed by atoms with E-state index in [1.165, 1.54) is 6.08 Å². The molecule has 2 rings (SSSR count). The fourth-order valence-corrected chi connectivity index (χ4v) is 1.78. The van der Waals surface area contributed by atoms with E-state index in [9.17, 15) is 9.59 Å². The average molecular weight is 307 g/mol. The molecule has 2 aromatic rings. The molecule has 23 heavy (non-hydrogen) atoms. The van der Waals surface area contributed by atoms with Crippen LogP contribution in [0.1, 0.15) is 17.3 Å². The van der Waals surface area contributed by atoms with Gasteiger partial charge in [0, 0.05) is 23.5 Å². The van der Waals surface area contributed by atoms with Gasteiger partial charge in [0.1, 0.15) is 0 Å². The van der Waals surface area contributed by atoms with Crippen molar-refractivity contribution >= 4 is 23.2 Å². The van der Waals surface area contributed by atoms with Crippen LogP contribution in [-0.4, -0.2) is 16.8 Å². The summed E-state index contributed by atoms with van der Waals surface area (Å²) in [5, 5.41) is 5.46. The van der Waals surface area contributed by atoms with Gasteiger partial charge >= 0.3 is 0 Å². The number of amides is 2. The van der Waals surface area contributed by atoms with E-state index in [4.69, 9.17) is 0 Å². The monoisotopic (exact) mass is 307 g/mol. The Hall–Kier alpha value is -3.21. The van der Waals surface area contributed by atoms with Crippen LogP contribution >= 0.6 is 0 Å². The molecule has 1 aromatic heterocycles. The van der Waals surface area contributed by atoms with E-state index in [2.05, 4.69) is 15.6 Å². The van der Waals surface area contributed by atoms with Crippen LogP contribution in [0.2, 0.25) is 0 Å². The normalized spacial score (nSPS) is 10.8. The van der Waals surface area contributed by atoms with Crippen molar-refractivity contribution in [2.75, 3.05) is 10.6 Å². The number of anilines is 2. The molecule has 5 heteroatoms. The molecule has 2 N–H and O–H groups in total.